The van der Waals surface area contributed by atoms with E-state index in [-0.39, 0.29) is 17.7 Å². The third kappa shape index (κ3) is 3.35. The normalized spacial score (nSPS) is 12.3. The molecule has 0 spiro atoms. The molecule has 3 aromatic rings. The molecule has 0 bridgehead atoms. The van der Waals surface area contributed by atoms with Crippen LogP contribution in [0.1, 0.15) is 12.5 Å². The number of nitrogens with zero attached hydrogens (tertiary/aromatic N) is 4. The van der Waals surface area contributed by atoms with Gasteiger partial charge in [0, 0.05) is 12.1 Å². The van der Waals surface area contributed by atoms with Crippen LogP contribution in [0, 0.1) is 15.9 Å². The van der Waals surface area contributed by atoms with E-state index in [9.17, 15) is 14.5 Å². The van der Waals surface area contributed by atoms with Crippen LogP contribution in [0.2, 0.25) is 0 Å². The molecule has 0 amide bonds. The van der Waals surface area contributed by atoms with E-state index in [0.29, 0.717) is 22.4 Å². The lowest BCUT2D eigenvalue weighted by Gasteiger charge is -2.14. The summed E-state index contributed by atoms with van der Waals surface area (Å²) in [4.78, 5) is 14.4. The van der Waals surface area contributed by atoms with Crippen molar-refractivity contribution in [2.24, 2.45) is 0 Å². The Hall–Kier alpha value is -2.55. The predicted octanol–water partition coefficient (Wildman–Crippen LogP) is 3.58. The standard InChI is InChI=1S/C15H13BrFN5O2/c1-9(6-10-2-3-12(17)11(16)7-10)19-13-4-5-14-18-8-15(22(23)24)21(14)20-13/h2-5,7-9H,6H2,1H3,(H,19,20). The Morgan fingerprint density at radius 1 is 1.42 bits per heavy atom. The molecule has 1 N–H and O–H groups in total. The van der Waals surface area contributed by atoms with Crippen molar-refractivity contribution in [3.05, 3.63) is 62.5 Å². The van der Waals surface area contributed by atoms with Crippen LogP contribution in [-0.4, -0.2) is 25.6 Å². The third-order valence-electron chi connectivity index (χ3n) is 3.45. The van der Waals surface area contributed by atoms with Gasteiger partial charge in [-0.15, -0.1) is 0 Å². The number of hydrogen-bond acceptors (Lipinski definition) is 5. The number of benzene rings is 1. The van der Waals surface area contributed by atoms with Crippen molar-refractivity contribution in [1.82, 2.24) is 14.6 Å². The number of nitro groups is 1. The number of fused-ring (bicyclic) bond motifs is 1. The average Bonchev–Trinajstić information content (AvgIpc) is 2.94. The zero-order valence-electron chi connectivity index (χ0n) is 12.6. The van der Waals surface area contributed by atoms with Gasteiger partial charge in [-0.25, -0.2) is 9.37 Å². The molecule has 7 nitrogen and oxygen atoms in total. The fourth-order valence-corrected chi connectivity index (χ4v) is 2.81. The molecule has 1 aromatic carbocycles. The number of imidazole rings is 1. The smallest absolute Gasteiger partial charge is 0.364 e. The van der Waals surface area contributed by atoms with Crippen molar-refractivity contribution in [3.8, 4) is 0 Å². The van der Waals surface area contributed by atoms with Gasteiger partial charge in [0.25, 0.3) is 0 Å². The van der Waals surface area contributed by atoms with E-state index < -0.39 is 4.92 Å². The summed E-state index contributed by atoms with van der Waals surface area (Å²) in [5.41, 5.74) is 1.36. The Labute approximate surface area is 144 Å². The highest BCUT2D eigenvalue weighted by atomic mass is 79.9. The van der Waals surface area contributed by atoms with Crippen LogP contribution in [0.25, 0.3) is 5.65 Å². The van der Waals surface area contributed by atoms with E-state index in [1.54, 1.807) is 24.3 Å². The Morgan fingerprint density at radius 3 is 2.92 bits per heavy atom. The molecule has 9 heteroatoms. The Balaban J connectivity index is 1.77. The number of hydrogen-bond donors (Lipinski definition) is 1. The van der Waals surface area contributed by atoms with Crippen LogP contribution < -0.4 is 5.32 Å². The summed E-state index contributed by atoms with van der Waals surface area (Å²) in [6, 6.07) is 8.22. The summed E-state index contributed by atoms with van der Waals surface area (Å²) in [6.07, 6.45) is 1.82. The lowest BCUT2D eigenvalue weighted by molar-refractivity contribution is -0.391. The highest BCUT2D eigenvalue weighted by Gasteiger charge is 2.16. The van der Waals surface area contributed by atoms with Gasteiger partial charge >= 0.3 is 5.82 Å². The van der Waals surface area contributed by atoms with Gasteiger partial charge in [0.1, 0.15) is 12.0 Å². The van der Waals surface area contributed by atoms with Crippen LogP contribution in [0.5, 0.6) is 0 Å². The molecule has 0 saturated carbocycles. The molecule has 2 aromatic heterocycles. The second kappa shape index (κ2) is 6.52. The molecule has 124 valence electrons. The van der Waals surface area contributed by atoms with Gasteiger partial charge in [-0.1, -0.05) is 15.7 Å². The van der Waals surface area contributed by atoms with E-state index in [4.69, 9.17) is 0 Å². The van der Waals surface area contributed by atoms with E-state index in [0.717, 1.165) is 5.56 Å². The Morgan fingerprint density at radius 2 is 2.21 bits per heavy atom. The molecule has 2 heterocycles. The molecule has 24 heavy (non-hydrogen) atoms. The fraction of sp³-hybridized carbons (Fsp3) is 0.200. The summed E-state index contributed by atoms with van der Waals surface area (Å²) in [7, 11) is 0. The van der Waals surface area contributed by atoms with Crippen LogP contribution in [-0.2, 0) is 6.42 Å². The Bertz CT molecular complexity index is 914. The molecule has 1 unspecified atom stereocenters. The van der Waals surface area contributed by atoms with Gasteiger partial charge in [0.05, 0.1) is 4.47 Å². The number of aromatic nitrogens is 3. The molecular formula is C15H13BrFN5O2. The van der Waals surface area contributed by atoms with E-state index in [2.05, 4.69) is 31.3 Å². The van der Waals surface area contributed by atoms with Crippen molar-refractivity contribution in [1.29, 1.82) is 0 Å². The molecular weight excluding hydrogens is 381 g/mol. The average molecular weight is 394 g/mol. The predicted molar refractivity (Wildman–Crippen MR) is 90.5 cm³/mol. The molecule has 0 aliphatic carbocycles. The minimum absolute atomic E-state index is 0.00473. The minimum atomic E-state index is -0.531. The van der Waals surface area contributed by atoms with Gasteiger partial charge in [-0.2, -0.15) is 0 Å². The second-order valence-electron chi connectivity index (χ2n) is 5.36. The van der Waals surface area contributed by atoms with E-state index in [1.807, 2.05) is 6.92 Å². The lowest BCUT2D eigenvalue weighted by atomic mass is 10.1. The van der Waals surface area contributed by atoms with Crippen molar-refractivity contribution in [2.75, 3.05) is 5.32 Å². The zero-order valence-corrected chi connectivity index (χ0v) is 14.2. The quantitative estimate of drug-likeness (QED) is 0.528. The molecule has 0 aliphatic rings. The van der Waals surface area contributed by atoms with Gasteiger partial charge in [-0.05, 0) is 58.0 Å². The van der Waals surface area contributed by atoms with Crippen molar-refractivity contribution < 1.29 is 9.31 Å². The summed E-state index contributed by atoms with van der Waals surface area (Å²) in [5, 5.41) is 18.3. The molecule has 0 aliphatic heterocycles. The third-order valence-corrected chi connectivity index (χ3v) is 4.06. The van der Waals surface area contributed by atoms with Gasteiger partial charge < -0.3 is 15.4 Å². The van der Waals surface area contributed by atoms with Gasteiger partial charge in [0.2, 0.25) is 5.65 Å². The van der Waals surface area contributed by atoms with E-state index >= 15 is 0 Å². The van der Waals surface area contributed by atoms with Crippen molar-refractivity contribution >= 4 is 33.2 Å². The minimum Gasteiger partial charge on any atom is -0.364 e. The first-order chi connectivity index (χ1) is 11.4. The molecule has 0 fully saturated rings. The molecule has 0 saturated heterocycles. The maximum absolute atomic E-state index is 13.3. The number of halogens is 2. The van der Waals surface area contributed by atoms with Crippen molar-refractivity contribution in [2.45, 2.75) is 19.4 Å². The lowest BCUT2D eigenvalue weighted by Crippen LogP contribution is -2.19. The number of anilines is 1. The SMILES string of the molecule is CC(Cc1ccc(F)c(Br)c1)Nc1ccc2ncc([N+](=O)[O-])n2n1. The fourth-order valence-electron chi connectivity index (χ4n) is 2.39. The molecule has 1 atom stereocenters. The van der Waals surface area contributed by atoms with Crippen LogP contribution in [0.3, 0.4) is 0 Å². The van der Waals surface area contributed by atoms with E-state index in [1.165, 1.54) is 16.8 Å². The first-order valence-electron chi connectivity index (χ1n) is 7.13. The first-order valence-corrected chi connectivity index (χ1v) is 7.93. The Kier molecular flexibility index (Phi) is 4.43. The summed E-state index contributed by atoms with van der Waals surface area (Å²) in [5.74, 6) is -0.0000524. The van der Waals surface area contributed by atoms with Gasteiger partial charge in [0.15, 0.2) is 5.82 Å². The van der Waals surface area contributed by atoms with Crippen LogP contribution in [0.15, 0.2) is 41.0 Å². The second-order valence-corrected chi connectivity index (χ2v) is 6.21. The monoisotopic (exact) mass is 393 g/mol. The maximum Gasteiger partial charge on any atom is 0.368 e. The summed E-state index contributed by atoms with van der Waals surface area (Å²) < 4.78 is 14.9. The molecule has 3 rings (SSSR count). The van der Waals surface area contributed by atoms with Crippen LogP contribution in [0.4, 0.5) is 16.0 Å². The highest BCUT2D eigenvalue weighted by molar-refractivity contribution is 9.10. The number of rotatable bonds is 5. The number of nitrogens with one attached hydrogen (secondary N) is 1. The zero-order chi connectivity index (χ0) is 17.3. The summed E-state index contributed by atoms with van der Waals surface area (Å²) in [6.45, 7) is 1.95. The molecule has 0 radical (unpaired) electrons. The maximum atomic E-state index is 13.3. The highest BCUT2D eigenvalue weighted by Crippen LogP contribution is 2.19. The topological polar surface area (TPSA) is 85.4 Å². The van der Waals surface area contributed by atoms with Crippen molar-refractivity contribution in [3.63, 3.8) is 0 Å². The summed E-state index contributed by atoms with van der Waals surface area (Å²) >= 11 is 3.17. The van der Waals surface area contributed by atoms with Gasteiger partial charge in [-0.3, -0.25) is 0 Å². The first kappa shape index (κ1) is 16.3. The van der Waals surface area contributed by atoms with Crippen LogP contribution >= 0.6 is 15.9 Å². The largest absolute Gasteiger partial charge is 0.368 e.